The summed E-state index contributed by atoms with van der Waals surface area (Å²) >= 11 is 0. The summed E-state index contributed by atoms with van der Waals surface area (Å²) in [4.78, 5) is 0. The van der Waals surface area contributed by atoms with E-state index in [2.05, 4.69) is 0 Å². The first-order valence-corrected chi connectivity index (χ1v) is 3.60. The van der Waals surface area contributed by atoms with Crippen LogP contribution in [0.4, 0.5) is 0 Å². The van der Waals surface area contributed by atoms with Crippen LogP contribution < -0.4 is 0 Å². The molecule has 0 aliphatic rings. The van der Waals surface area contributed by atoms with Gasteiger partial charge in [-0.15, -0.1) is 0 Å². The lowest BCUT2D eigenvalue weighted by Gasteiger charge is -1.94. The first-order valence-electron chi connectivity index (χ1n) is 3.60. The maximum atomic E-state index is 4.75. The molecule has 2 N–H and O–H groups in total. The van der Waals surface area contributed by atoms with Crippen molar-refractivity contribution in [2.45, 2.75) is 39.9 Å². The first-order chi connectivity index (χ1) is 4.54. The third-order valence-corrected chi connectivity index (χ3v) is 0.943. The average Bonchev–Trinajstić information content (AvgIpc) is 1.89. The summed E-state index contributed by atoms with van der Waals surface area (Å²) in [6.45, 7) is 8.00. The predicted molar refractivity (Wildman–Crippen MR) is 47.9 cm³/mol. The number of rotatable bonds is 2. The number of ether oxygens (including phenoxy) is 2. The molecule has 0 spiro atoms. The number of hydrogen-bond donors (Lipinski definition) is 0. The third kappa shape index (κ3) is 40.8. The molecule has 0 aromatic heterocycles. The van der Waals surface area contributed by atoms with Crippen LogP contribution in [0.1, 0.15) is 27.7 Å². The molecule has 3 heteroatoms. The van der Waals surface area contributed by atoms with E-state index >= 15 is 0 Å². The maximum absolute atomic E-state index is 4.75. The van der Waals surface area contributed by atoms with Gasteiger partial charge in [-0.05, 0) is 27.7 Å². The van der Waals surface area contributed by atoms with E-state index in [0.29, 0.717) is 12.2 Å². The van der Waals surface area contributed by atoms with Gasteiger partial charge in [-0.1, -0.05) is 0 Å². The average molecular weight is 166 g/mol. The van der Waals surface area contributed by atoms with Gasteiger partial charge >= 0.3 is 0 Å². The van der Waals surface area contributed by atoms with Crippen molar-refractivity contribution in [3.05, 3.63) is 0 Å². The fourth-order valence-corrected chi connectivity index (χ4v) is 0. The van der Waals surface area contributed by atoms with E-state index in [-0.39, 0.29) is 5.48 Å². The molecule has 0 fully saturated rings. The van der Waals surface area contributed by atoms with Crippen LogP contribution in [0.25, 0.3) is 0 Å². The van der Waals surface area contributed by atoms with Crippen LogP contribution in [-0.2, 0) is 9.47 Å². The van der Waals surface area contributed by atoms with Crippen molar-refractivity contribution in [1.82, 2.24) is 0 Å². The predicted octanol–water partition coefficient (Wildman–Crippen LogP) is 1.26. The Balaban J connectivity index is -0.000000107. The molecular weight excluding hydrogens is 144 g/mol. The molecule has 0 heterocycles. The van der Waals surface area contributed by atoms with Crippen molar-refractivity contribution in [3.63, 3.8) is 0 Å². The third-order valence-electron chi connectivity index (χ3n) is 0.943. The number of methoxy groups -OCH3 is 2. The fourth-order valence-electron chi connectivity index (χ4n) is 0. The Bertz CT molecular complexity index is 45.3. The molecule has 0 saturated heterocycles. The summed E-state index contributed by atoms with van der Waals surface area (Å²) in [5.74, 6) is 0. The minimum absolute atomic E-state index is 0. The van der Waals surface area contributed by atoms with Crippen LogP contribution in [0.15, 0.2) is 0 Å². The molecule has 3 nitrogen and oxygen atoms in total. The summed E-state index contributed by atoms with van der Waals surface area (Å²) < 4.78 is 9.50. The zero-order valence-corrected chi connectivity index (χ0v) is 8.47. The van der Waals surface area contributed by atoms with Gasteiger partial charge in [0.05, 0.1) is 12.2 Å². The number of hydrogen-bond acceptors (Lipinski definition) is 2. The zero-order chi connectivity index (χ0) is 8.57. The summed E-state index contributed by atoms with van der Waals surface area (Å²) in [6.07, 6.45) is 0.769. The van der Waals surface area contributed by atoms with Gasteiger partial charge in [-0.2, -0.15) is 0 Å². The monoisotopic (exact) mass is 166 g/mol. The van der Waals surface area contributed by atoms with Crippen LogP contribution in [0.3, 0.4) is 0 Å². The lowest BCUT2D eigenvalue weighted by molar-refractivity contribution is 0.134. The summed E-state index contributed by atoms with van der Waals surface area (Å²) in [6, 6.07) is 0. The Morgan fingerprint density at radius 1 is 0.727 bits per heavy atom. The second-order valence-corrected chi connectivity index (χ2v) is 2.57. The van der Waals surface area contributed by atoms with Crippen LogP contribution in [0.2, 0.25) is 0 Å². The normalized spacial score (nSPS) is 8.73. The van der Waals surface area contributed by atoms with Gasteiger partial charge in [-0.25, -0.2) is 0 Å². The molecule has 0 aromatic carbocycles. The maximum Gasteiger partial charge on any atom is 0.0515 e. The van der Waals surface area contributed by atoms with E-state index in [4.69, 9.17) is 9.47 Å². The van der Waals surface area contributed by atoms with Gasteiger partial charge in [0.2, 0.25) is 0 Å². The fraction of sp³-hybridized carbons (Fsp3) is 1.00. The lowest BCUT2D eigenvalue weighted by Crippen LogP contribution is -1.94. The van der Waals surface area contributed by atoms with Crippen molar-refractivity contribution >= 4 is 0 Å². The van der Waals surface area contributed by atoms with Crippen LogP contribution in [0, 0.1) is 0 Å². The van der Waals surface area contributed by atoms with E-state index in [1.807, 2.05) is 27.7 Å². The quantitative estimate of drug-likeness (QED) is 0.620. The smallest absolute Gasteiger partial charge is 0.0515 e. The molecule has 11 heavy (non-hydrogen) atoms. The van der Waals surface area contributed by atoms with E-state index in [1.165, 1.54) is 0 Å². The van der Waals surface area contributed by atoms with Gasteiger partial charge in [0.15, 0.2) is 0 Å². The van der Waals surface area contributed by atoms with Gasteiger partial charge in [-0.3, -0.25) is 0 Å². The molecular formula is C8H22O3. The highest BCUT2D eigenvalue weighted by molar-refractivity contribution is 4.27. The molecule has 72 valence electrons. The van der Waals surface area contributed by atoms with E-state index < -0.39 is 0 Å². The molecule has 0 amide bonds. The second kappa shape index (κ2) is 12.5. The SMILES string of the molecule is COC(C)C.COC(C)C.O. The Kier molecular flexibility index (Phi) is 19.5. The molecule has 0 radical (unpaired) electrons. The topological polar surface area (TPSA) is 50.0 Å². The van der Waals surface area contributed by atoms with Crippen molar-refractivity contribution < 1.29 is 14.9 Å². The molecule has 0 aliphatic heterocycles. The second-order valence-electron chi connectivity index (χ2n) is 2.57. The Hall–Kier alpha value is -0.120. The van der Waals surface area contributed by atoms with Crippen molar-refractivity contribution in [1.29, 1.82) is 0 Å². The van der Waals surface area contributed by atoms with E-state index in [1.54, 1.807) is 14.2 Å². The molecule has 0 aliphatic carbocycles. The molecule has 0 saturated carbocycles. The highest BCUT2D eigenvalue weighted by Crippen LogP contribution is 1.78. The standard InChI is InChI=1S/2C4H10O.H2O/c2*1-4(2)5-3;/h2*4H,1-3H3;1H2. The molecule has 0 bridgehead atoms. The molecule has 0 rings (SSSR count). The van der Waals surface area contributed by atoms with Gasteiger partial charge < -0.3 is 14.9 Å². The van der Waals surface area contributed by atoms with Crippen molar-refractivity contribution in [2.24, 2.45) is 0 Å². The zero-order valence-electron chi connectivity index (χ0n) is 8.47. The molecule has 0 unspecified atom stereocenters. The van der Waals surface area contributed by atoms with Gasteiger partial charge in [0.1, 0.15) is 0 Å². The van der Waals surface area contributed by atoms with Crippen LogP contribution >= 0.6 is 0 Å². The lowest BCUT2D eigenvalue weighted by atomic mass is 10.5. The van der Waals surface area contributed by atoms with Gasteiger partial charge in [0.25, 0.3) is 0 Å². The van der Waals surface area contributed by atoms with E-state index in [9.17, 15) is 0 Å². The van der Waals surface area contributed by atoms with E-state index in [0.717, 1.165) is 0 Å². The van der Waals surface area contributed by atoms with Crippen molar-refractivity contribution in [2.75, 3.05) is 14.2 Å². The molecule has 0 aromatic rings. The molecule has 0 atom stereocenters. The summed E-state index contributed by atoms with van der Waals surface area (Å²) in [5.41, 5.74) is 0. The summed E-state index contributed by atoms with van der Waals surface area (Å²) in [5, 5.41) is 0. The van der Waals surface area contributed by atoms with Crippen molar-refractivity contribution in [3.8, 4) is 0 Å². The highest BCUT2D eigenvalue weighted by Gasteiger charge is 1.79. The minimum atomic E-state index is 0. The Morgan fingerprint density at radius 2 is 0.818 bits per heavy atom. The highest BCUT2D eigenvalue weighted by atomic mass is 16.5. The largest absolute Gasteiger partial charge is 0.412 e. The van der Waals surface area contributed by atoms with Gasteiger partial charge in [0, 0.05) is 14.2 Å². The first kappa shape index (κ1) is 17.1. The Labute approximate surface area is 70.0 Å². The summed E-state index contributed by atoms with van der Waals surface area (Å²) in [7, 11) is 3.40. The van der Waals surface area contributed by atoms with Crippen LogP contribution in [-0.4, -0.2) is 31.9 Å². The van der Waals surface area contributed by atoms with Crippen LogP contribution in [0.5, 0.6) is 0 Å². The Morgan fingerprint density at radius 3 is 0.818 bits per heavy atom. The minimum Gasteiger partial charge on any atom is -0.412 e.